The zero-order valence-electron chi connectivity index (χ0n) is 13.3. The van der Waals surface area contributed by atoms with Gasteiger partial charge >= 0.3 is 0 Å². The summed E-state index contributed by atoms with van der Waals surface area (Å²) in [7, 11) is 0. The zero-order valence-corrected chi connectivity index (χ0v) is 13.3. The van der Waals surface area contributed by atoms with E-state index in [2.05, 4.69) is 20.8 Å². The average Bonchev–Trinajstić information content (AvgIpc) is 3.35. The molecule has 8 heteroatoms. The number of nitrogens with zero attached hydrogens (tertiary/aromatic N) is 4. The van der Waals surface area contributed by atoms with E-state index in [0.29, 0.717) is 17.0 Å². The first kappa shape index (κ1) is 15.7. The maximum Gasteiger partial charge on any atom is 0.291 e. The van der Waals surface area contributed by atoms with E-state index in [1.54, 1.807) is 48.5 Å². The molecule has 0 unspecified atom stereocenters. The zero-order chi connectivity index (χ0) is 17.9. The third kappa shape index (κ3) is 3.07. The van der Waals surface area contributed by atoms with E-state index in [-0.39, 0.29) is 5.76 Å². The van der Waals surface area contributed by atoms with Crippen LogP contribution in [0.4, 0.5) is 10.1 Å². The van der Waals surface area contributed by atoms with Crippen LogP contribution in [0.2, 0.25) is 0 Å². The Bertz CT molecular complexity index is 1040. The summed E-state index contributed by atoms with van der Waals surface area (Å²) in [6.45, 7) is 0. The monoisotopic (exact) mass is 349 g/mol. The largest absolute Gasteiger partial charge is 0.451 e. The lowest BCUT2D eigenvalue weighted by Gasteiger charge is -2.05. The summed E-state index contributed by atoms with van der Waals surface area (Å²) in [6, 6.07) is 16.3. The molecule has 26 heavy (non-hydrogen) atoms. The SMILES string of the molecule is O=C(Nc1ccc(-n2cnnn2)cc1)c1ccc(-c2ccccc2F)o1. The molecule has 2 aromatic carbocycles. The number of rotatable bonds is 4. The van der Waals surface area contributed by atoms with E-state index in [9.17, 15) is 9.18 Å². The van der Waals surface area contributed by atoms with Crippen molar-refractivity contribution >= 4 is 11.6 Å². The van der Waals surface area contributed by atoms with Crippen molar-refractivity contribution in [2.24, 2.45) is 0 Å². The molecule has 2 aromatic heterocycles. The van der Waals surface area contributed by atoms with Gasteiger partial charge in [-0.25, -0.2) is 9.07 Å². The van der Waals surface area contributed by atoms with E-state index in [4.69, 9.17) is 4.42 Å². The van der Waals surface area contributed by atoms with Gasteiger partial charge in [-0.05, 0) is 59.0 Å². The highest BCUT2D eigenvalue weighted by Gasteiger charge is 2.14. The number of tetrazole rings is 1. The molecule has 1 amide bonds. The van der Waals surface area contributed by atoms with Crippen molar-refractivity contribution in [2.45, 2.75) is 0 Å². The molecule has 0 atom stereocenters. The molecular weight excluding hydrogens is 337 g/mol. The van der Waals surface area contributed by atoms with Crippen molar-refractivity contribution in [3.63, 3.8) is 0 Å². The van der Waals surface area contributed by atoms with Gasteiger partial charge in [-0.3, -0.25) is 4.79 Å². The van der Waals surface area contributed by atoms with Crippen LogP contribution in [0.1, 0.15) is 10.6 Å². The molecule has 4 aromatic rings. The first-order valence-corrected chi connectivity index (χ1v) is 7.70. The lowest BCUT2D eigenvalue weighted by atomic mass is 10.1. The number of nitrogens with one attached hydrogen (secondary N) is 1. The first-order valence-electron chi connectivity index (χ1n) is 7.70. The van der Waals surface area contributed by atoms with Crippen molar-refractivity contribution < 1.29 is 13.6 Å². The summed E-state index contributed by atoms with van der Waals surface area (Å²) < 4.78 is 20.8. The van der Waals surface area contributed by atoms with Crippen LogP contribution in [0, 0.1) is 5.82 Å². The Kier molecular flexibility index (Phi) is 3.98. The van der Waals surface area contributed by atoms with Gasteiger partial charge in [0, 0.05) is 5.69 Å². The third-order valence-corrected chi connectivity index (χ3v) is 3.71. The van der Waals surface area contributed by atoms with Crippen LogP contribution in [0.15, 0.2) is 71.4 Å². The molecule has 7 nitrogen and oxygen atoms in total. The molecule has 0 spiro atoms. The highest BCUT2D eigenvalue weighted by Crippen LogP contribution is 2.25. The third-order valence-electron chi connectivity index (χ3n) is 3.71. The lowest BCUT2D eigenvalue weighted by molar-refractivity contribution is 0.0997. The Morgan fingerprint density at radius 2 is 1.85 bits per heavy atom. The molecule has 0 fully saturated rings. The molecular formula is C18H12FN5O2. The molecule has 1 N–H and O–H groups in total. The van der Waals surface area contributed by atoms with Crippen LogP contribution in [-0.2, 0) is 0 Å². The Hall–Kier alpha value is -3.81. The standard InChI is InChI=1S/C18H12FN5O2/c19-15-4-2-1-3-14(15)16-9-10-17(26-16)18(25)21-12-5-7-13(8-6-12)24-11-20-22-23-24/h1-11H,(H,21,25). The van der Waals surface area contributed by atoms with Gasteiger partial charge in [0.15, 0.2) is 5.76 Å². The van der Waals surface area contributed by atoms with Crippen molar-refractivity contribution in [1.82, 2.24) is 20.2 Å². The van der Waals surface area contributed by atoms with Crippen LogP contribution in [-0.4, -0.2) is 26.1 Å². The van der Waals surface area contributed by atoms with Gasteiger partial charge in [-0.1, -0.05) is 12.1 Å². The van der Waals surface area contributed by atoms with Gasteiger partial charge in [-0.15, -0.1) is 5.10 Å². The number of amides is 1. The number of benzene rings is 2. The molecule has 0 saturated carbocycles. The maximum atomic E-state index is 13.8. The topological polar surface area (TPSA) is 85.8 Å². The van der Waals surface area contributed by atoms with E-state index in [1.807, 2.05) is 0 Å². The van der Waals surface area contributed by atoms with E-state index in [0.717, 1.165) is 5.69 Å². The van der Waals surface area contributed by atoms with Gasteiger partial charge in [-0.2, -0.15) is 0 Å². The number of halogens is 1. The Balaban J connectivity index is 1.49. The molecule has 0 aliphatic rings. The van der Waals surface area contributed by atoms with Crippen LogP contribution in [0.25, 0.3) is 17.0 Å². The van der Waals surface area contributed by atoms with Crippen LogP contribution >= 0.6 is 0 Å². The summed E-state index contributed by atoms with van der Waals surface area (Å²) in [5.74, 6) is -0.454. The summed E-state index contributed by atoms with van der Waals surface area (Å²) in [4.78, 5) is 12.3. The Morgan fingerprint density at radius 1 is 1.04 bits per heavy atom. The van der Waals surface area contributed by atoms with Crippen molar-refractivity contribution in [3.8, 4) is 17.0 Å². The summed E-state index contributed by atoms with van der Waals surface area (Å²) >= 11 is 0. The van der Waals surface area contributed by atoms with Gasteiger partial charge in [0.05, 0.1) is 11.3 Å². The number of anilines is 1. The average molecular weight is 349 g/mol. The number of furan rings is 1. The number of carbonyl (C=O) groups is 1. The van der Waals surface area contributed by atoms with Crippen LogP contribution < -0.4 is 5.32 Å². The molecule has 2 heterocycles. The van der Waals surface area contributed by atoms with Gasteiger partial charge in [0.1, 0.15) is 17.9 Å². The highest BCUT2D eigenvalue weighted by molar-refractivity contribution is 6.02. The fourth-order valence-electron chi connectivity index (χ4n) is 2.44. The van der Waals surface area contributed by atoms with Crippen LogP contribution in [0.3, 0.4) is 0 Å². The van der Waals surface area contributed by atoms with Gasteiger partial charge in [0.2, 0.25) is 0 Å². The molecule has 0 aliphatic heterocycles. The normalized spacial score (nSPS) is 10.7. The molecule has 0 radical (unpaired) electrons. The maximum absolute atomic E-state index is 13.8. The molecule has 4 rings (SSSR count). The van der Waals surface area contributed by atoms with Crippen molar-refractivity contribution in [3.05, 3.63) is 78.6 Å². The molecule has 128 valence electrons. The van der Waals surface area contributed by atoms with E-state index < -0.39 is 11.7 Å². The number of hydrogen-bond donors (Lipinski definition) is 1. The van der Waals surface area contributed by atoms with Gasteiger partial charge < -0.3 is 9.73 Å². The minimum absolute atomic E-state index is 0.0906. The smallest absolute Gasteiger partial charge is 0.291 e. The summed E-state index contributed by atoms with van der Waals surface area (Å²) in [5, 5.41) is 13.6. The molecule has 0 bridgehead atoms. The predicted molar refractivity (Wildman–Crippen MR) is 91.2 cm³/mol. The van der Waals surface area contributed by atoms with Crippen molar-refractivity contribution in [2.75, 3.05) is 5.32 Å². The van der Waals surface area contributed by atoms with E-state index >= 15 is 0 Å². The Morgan fingerprint density at radius 3 is 2.58 bits per heavy atom. The predicted octanol–water partition coefficient (Wildman–Crippen LogP) is 3.31. The molecule has 0 saturated heterocycles. The second-order valence-electron chi connectivity index (χ2n) is 5.40. The second-order valence-corrected chi connectivity index (χ2v) is 5.40. The minimum Gasteiger partial charge on any atom is -0.451 e. The number of aromatic nitrogens is 4. The fraction of sp³-hybridized carbons (Fsp3) is 0. The summed E-state index contributed by atoms with van der Waals surface area (Å²) in [5.41, 5.74) is 1.64. The quantitative estimate of drug-likeness (QED) is 0.611. The minimum atomic E-state index is -0.428. The van der Waals surface area contributed by atoms with Gasteiger partial charge in [0.25, 0.3) is 5.91 Å². The Labute approximate surface area is 147 Å². The number of carbonyl (C=O) groups excluding carboxylic acids is 1. The number of hydrogen-bond acceptors (Lipinski definition) is 5. The molecule has 0 aliphatic carbocycles. The van der Waals surface area contributed by atoms with E-state index in [1.165, 1.54) is 23.1 Å². The van der Waals surface area contributed by atoms with Crippen LogP contribution in [0.5, 0.6) is 0 Å². The summed E-state index contributed by atoms with van der Waals surface area (Å²) in [6.07, 6.45) is 1.47. The van der Waals surface area contributed by atoms with Crippen molar-refractivity contribution in [1.29, 1.82) is 0 Å². The first-order chi connectivity index (χ1) is 12.7. The highest BCUT2D eigenvalue weighted by atomic mass is 19.1. The second kappa shape index (κ2) is 6.60. The lowest BCUT2D eigenvalue weighted by Crippen LogP contribution is -2.10. The fourth-order valence-corrected chi connectivity index (χ4v) is 2.44.